The number of hydrogen-bond acceptors (Lipinski definition) is 4. The second kappa shape index (κ2) is 5.52. The van der Waals surface area contributed by atoms with E-state index in [9.17, 15) is 0 Å². The van der Waals surface area contributed by atoms with Crippen LogP contribution in [0.3, 0.4) is 0 Å². The van der Waals surface area contributed by atoms with Crippen molar-refractivity contribution in [2.45, 2.75) is 32.2 Å². The van der Waals surface area contributed by atoms with Crippen LogP contribution >= 0.6 is 0 Å². The molecule has 3 rings (SSSR count). The summed E-state index contributed by atoms with van der Waals surface area (Å²) in [4.78, 5) is 15.7. The van der Waals surface area contributed by atoms with Gasteiger partial charge in [-0.05, 0) is 32.3 Å². The molecule has 2 heterocycles. The minimum Gasteiger partial charge on any atom is -0.363 e. The second-order valence-electron chi connectivity index (χ2n) is 5.82. The fourth-order valence-electron chi connectivity index (χ4n) is 2.34. The molecule has 0 saturated heterocycles. The third-order valence-electron chi connectivity index (χ3n) is 3.56. The molecule has 0 spiro atoms. The molecule has 0 aliphatic heterocycles. The zero-order valence-corrected chi connectivity index (χ0v) is 12.3. The van der Waals surface area contributed by atoms with E-state index < -0.39 is 0 Å². The summed E-state index contributed by atoms with van der Waals surface area (Å²) < 4.78 is 0. The minimum absolute atomic E-state index is 0.0672. The number of nitrogens with zero attached hydrogens (tertiary/aromatic N) is 3. The number of fused-ring (bicyclic) bond motifs is 1. The van der Waals surface area contributed by atoms with Crippen molar-refractivity contribution in [2.24, 2.45) is 0 Å². The number of nitrogens with one attached hydrogen (secondary N) is 2. The van der Waals surface area contributed by atoms with Crippen LogP contribution in [0.15, 0.2) is 43.0 Å². The zero-order valence-electron chi connectivity index (χ0n) is 12.3. The van der Waals surface area contributed by atoms with E-state index in [1.165, 1.54) is 5.56 Å². The SMILES string of the molecule is CC(C)(CCc1ccccc1)Nc1ncnc2nc[nH]c12. The largest absolute Gasteiger partial charge is 0.363 e. The van der Waals surface area contributed by atoms with E-state index in [4.69, 9.17) is 0 Å². The molecule has 21 heavy (non-hydrogen) atoms. The molecule has 5 nitrogen and oxygen atoms in total. The Morgan fingerprint density at radius 1 is 1.10 bits per heavy atom. The molecule has 3 aromatic rings. The van der Waals surface area contributed by atoms with Crippen molar-refractivity contribution in [3.8, 4) is 0 Å². The number of aromatic nitrogens is 4. The Kier molecular flexibility index (Phi) is 3.56. The first-order chi connectivity index (χ1) is 10.1. The van der Waals surface area contributed by atoms with Crippen molar-refractivity contribution in [3.63, 3.8) is 0 Å². The van der Waals surface area contributed by atoms with Crippen molar-refractivity contribution < 1.29 is 0 Å². The molecule has 2 aromatic heterocycles. The van der Waals surface area contributed by atoms with Crippen molar-refractivity contribution >= 4 is 17.0 Å². The molecule has 0 atom stereocenters. The molecule has 0 radical (unpaired) electrons. The lowest BCUT2D eigenvalue weighted by Crippen LogP contribution is -2.32. The fourth-order valence-corrected chi connectivity index (χ4v) is 2.34. The van der Waals surface area contributed by atoms with E-state index in [1.54, 1.807) is 12.7 Å². The molecular weight excluding hydrogens is 262 g/mol. The first kappa shape index (κ1) is 13.5. The smallest absolute Gasteiger partial charge is 0.182 e. The molecule has 5 heteroatoms. The van der Waals surface area contributed by atoms with E-state index in [0.29, 0.717) is 5.65 Å². The summed E-state index contributed by atoms with van der Waals surface area (Å²) in [6.07, 6.45) is 5.22. The number of rotatable bonds is 5. The van der Waals surface area contributed by atoms with Crippen LogP contribution in [0.1, 0.15) is 25.8 Å². The summed E-state index contributed by atoms with van der Waals surface area (Å²) in [5.41, 5.74) is 2.82. The summed E-state index contributed by atoms with van der Waals surface area (Å²) in [7, 11) is 0. The molecule has 108 valence electrons. The average Bonchev–Trinajstić information content (AvgIpc) is 2.96. The molecule has 1 aromatic carbocycles. The third-order valence-corrected chi connectivity index (χ3v) is 3.56. The van der Waals surface area contributed by atoms with Crippen LogP contribution in [0.4, 0.5) is 5.82 Å². The van der Waals surface area contributed by atoms with Crippen LogP contribution < -0.4 is 5.32 Å². The number of hydrogen-bond donors (Lipinski definition) is 2. The number of aryl methyl sites for hydroxylation is 1. The van der Waals surface area contributed by atoms with Gasteiger partial charge in [-0.15, -0.1) is 0 Å². The van der Waals surface area contributed by atoms with Gasteiger partial charge in [0, 0.05) is 5.54 Å². The van der Waals surface area contributed by atoms with Gasteiger partial charge in [-0.3, -0.25) is 0 Å². The standard InChI is InChI=1S/C16H19N5/c1-16(2,9-8-12-6-4-3-5-7-12)21-15-13-14(18-10-17-13)19-11-20-15/h3-7,10-11H,8-9H2,1-2H3,(H2,17,18,19,20,21). The average molecular weight is 281 g/mol. The quantitative estimate of drug-likeness (QED) is 0.754. The lowest BCUT2D eigenvalue weighted by atomic mass is 9.95. The summed E-state index contributed by atoms with van der Waals surface area (Å²) in [6, 6.07) is 10.5. The van der Waals surface area contributed by atoms with Gasteiger partial charge in [0.15, 0.2) is 11.5 Å². The molecule has 0 aliphatic carbocycles. The number of aromatic amines is 1. The first-order valence-electron chi connectivity index (χ1n) is 7.10. The van der Waals surface area contributed by atoms with Crippen molar-refractivity contribution in [2.75, 3.05) is 5.32 Å². The lowest BCUT2D eigenvalue weighted by Gasteiger charge is -2.27. The van der Waals surface area contributed by atoms with Crippen LogP contribution in [0.25, 0.3) is 11.2 Å². The van der Waals surface area contributed by atoms with E-state index in [2.05, 4.69) is 63.4 Å². The topological polar surface area (TPSA) is 66.5 Å². The predicted octanol–water partition coefficient (Wildman–Crippen LogP) is 3.18. The van der Waals surface area contributed by atoms with Gasteiger partial charge in [0.05, 0.1) is 6.33 Å². The first-order valence-corrected chi connectivity index (χ1v) is 7.10. The van der Waals surface area contributed by atoms with Gasteiger partial charge in [0.1, 0.15) is 11.8 Å². The molecule has 0 saturated carbocycles. The van der Waals surface area contributed by atoms with Gasteiger partial charge in [0.25, 0.3) is 0 Å². The van der Waals surface area contributed by atoms with Crippen molar-refractivity contribution in [1.29, 1.82) is 0 Å². The molecule has 0 fully saturated rings. The summed E-state index contributed by atoms with van der Waals surface area (Å²) in [6.45, 7) is 4.36. The van der Waals surface area contributed by atoms with Gasteiger partial charge < -0.3 is 10.3 Å². The fraction of sp³-hybridized carbons (Fsp3) is 0.312. The number of H-pyrrole nitrogens is 1. The predicted molar refractivity (Wildman–Crippen MR) is 84.1 cm³/mol. The highest BCUT2D eigenvalue weighted by atomic mass is 15.1. The van der Waals surface area contributed by atoms with Gasteiger partial charge >= 0.3 is 0 Å². The number of benzene rings is 1. The van der Waals surface area contributed by atoms with Crippen LogP contribution in [-0.4, -0.2) is 25.5 Å². The van der Waals surface area contributed by atoms with Crippen molar-refractivity contribution in [1.82, 2.24) is 19.9 Å². The van der Waals surface area contributed by atoms with E-state index in [1.807, 2.05) is 6.07 Å². The maximum absolute atomic E-state index is 4.33. The van der Waals surface area contributed by atoms with Gasteiger partial charge in [0.2, 0.25) is 0 Å². The maximum atomic E-state index is 4.33. The van der Waals surface area contributed by atoms with Crippen LogP contribution in [0, 0.1) is 0 Å². The van der Waals surface area contributed by atoms with E-state index in [-0.39, 0.29) is 5.54 Å². The highest BCUT2D eigenvalue weighted by molar-refractivity contribution is 5.82. The van der Waals surface area contributed by atoms with E-state index >= 15 is 0 Å². The molecule has 0 aliphatic rings. The van der Waals surface area contributed by atoms with Crippen LogP contribution in [-0.2, 0) is 6.42 Å². The Morgan fingerprint density at radius 3 is 2.71 bits per heavy atom. The maximum Gasteiger partial charge on any atom is 0.182 e. The Morgan fingerprint density at radius 2 is 1.90 bits per heavy atom. The molecule has 0 bridgehead atoms. The molecule has 2 N–H and O–H groups in total. The number of anilines is 1. The molecule has 0 unspecified atom stereocenters. The second-order valence-corrected chi connectivity index (χ2v) is 5.82. The summed E-state index contributed by atoms with van der Waals surface area (Å²) in [5, 5.41) is 3.50. The molecule has 0 amide bonds. The third kappa shape index (κ3) is 3.18. The summed E-state index contributed by atoms with van der Waals surface area (Å²) in [5.74, 6) is 0.801. The number of imidazole rings is 1. The lowest BCUT2D eigenvalue weighted by molar-refractivity contribution is 0.517. The Labute approximate surface area is 123 Å². The highest BCUT2D eigenvalue weighted by Crippen LogP contribution is 2.22. The Hall–Kier alpha value is -2.43. The Balaban J connectivity index is 1.72. The summed E-state index contributed by atoms with van der Waals surface area (Å²) >= 11 is 0. The monoisotopic (exact) mass is 281 g/mol. The van der Waals surface area contributed by atoms with Gasteiger partial charge in [-0.1, -0.05) is 30.3 Å². The van der Waals surface area contributed by atoms with Gasteiger partial charge in [-0.25, -0.2) is 15.0 Å². The van der Waals surface area contributed by atoms with Crippen molar-refractivity contribution in [3.05, 3.63) is 48.5 Å². The minimum atomic E-state index is -0.0672. The highest BCUT2D eigenvalue weighted by Gasteiger charge is 2.19. The Bertz CT molecular complexity index is 718. The van der Waals surface area contributed by atoms with E-state index in [0.717, 1.165) is 24.2 Å². The van der Waals surface area contributed by atoms with Crippen LogP contribution in [0.2, 0.25) is 0 Å². The zero-order chi connectivity index (χ0) is 14.7. The molecular formula is C16H19N5. The van der Waals surface area contributed by atoms with Gasteiger partial charge in [-0.2, -0.15) is 0 Å². The van der Waals surface area contributed by atoms with Crippen LogP contribution in [0.5, 0.6) is 0 Å². The normalized spacial score (nSPS) is 11.7.